The Morgan fingerprint density at radius 1 is 1.47 bits per heavy atom. The van der Waals surface area contributed by atoms with E-state index in [1.54, 1.807) is 11.3 Å². The van der Waals surface area contributed by atoms with Gasteiger partial charge in [-0.2, -0.15) is 0 Å². The number of thiophene rings is 1. The van der Waals surface area contributed by atoms with Gasteiger partial charge in [-0.3, -0.25) is 9.59 Å². The van der Waals surface area contributed by atoms with Crippen LogP contribution < -0.4 is 5.32 Å². The average molecular weight is 249 g/mol. The fourth-order valence-electron chi connectivity index (χ4n) is 1.78. The van der Waals surface area contributed by atoms with Gasteiger partial charge in [0.1, 0.15) is 0 Å². The molecule has 2 aromatic rings. The van der Waals surface area contributed by atoms with Crippen molar-refractivity contribution in [1.82, 2.24) is 5.32 Å². The van der Waals surface area contributed by atoms with Gasteiger partial charge in [-0.25, -0.2) is 0 Å². The van der Waals surface area contributed by atoms with Gasteiger partial charge < -0.3 is 10.4 Å². The highest BCUT2D eigenvalue weighted by Gasteiger charge is 2.18. The summed E-state index contributed by atoms with van der Waals surface area (Å²) in [6.45, 7) is 0. The molecule has 1 atom stereocenters. The lowest BCUT2D eigenvalue weighted by molar-refractivity contribution is -0.137. The number of nitrogens with one attached hydrogen (secondary N) is 1. The number of carbonyl (C=O) groups is 2. The molecule has 0 unspecified atom stereocenters. The number of carboxylic acid groups (broad SMARTS) is 1. The molecule has 0 saturated carbocycles. The number of rotatable bonds is 5. The number of carbonyl (C=O) groups excluding carboxylic acids is 1. The molecule has 0 spiro atoms. The molecule has 0 aliphatic heterocycles. The summed E-state index contributed by atoms with van der Waals surface area (Å²) in [6, 6.07) is 7.27. The Labute approximate surface area is 102 Å². The summed E-state index contributed by atoms with van der Waals surface area (Å²) in [5.74, 6) is -0.931. The van der Waals surface area contributed by atoms with Crippen molar-refractivity contribution in [2.24, 2.45) is 0 Å². The minimum absolute atomic E-state index is 0.112. The van der Waals surface area contributed by atoms with Gasteiger partial charge in [0.25, 0.3) is 0 Å². The van der Waals surface area contributed by atoms with Gasteiger partial charge >= 0.3 is 5.97 Å². The first-order valence-electron chi connectivity index (χ1n) is 5.10. The van der Waals surface area contributed by atoms with Crippen molar-refractivity contribution in [1.29, 1.82) is 0 Å². The van der Waals surface area contributed by atoms with Gasteiger partial charge in [-0.1, -0.05) is 18.2 Å². The lowest BCUT2D eigenvalue weighted by Crippen LogP contribution is -2.22. The molecule has 1 heterocycles. The third-order valence-corrected chi connectivity index (χ3v) is 3.52. The minimum atomic E-state index is -0.931. The van der Waals surface area contributed by atoms with Crippen LogP contribution in [0.4, 0.5) is 0 Å². The second-order valence-electron chi connectivity index (χ2n) is 3.62. The van der Waals surface area contributed by atoms with Crippen LogP contribution in [-0.4, -0.2) is 17.5 Å². The molecule has 0 bridgehead atoms. The molecule has 1 amide bonds. The minimum Gasteiger partial charge on any atom is -0.481 e. The van der Waals surface area contributed by atoms with Crippen molar-refractivity contribution < 1.29 is 14.7 Å². The van der Waals surface area contributed by atoms with Crippen LogP contribution in [0.15, 0.2) is 29.6 Å². The van der Waals surface area contributed by atoms with Crippen LogP contribution >= 0.6 is 11.3 Å². The molecule has 0 aliphatic rings. The Hall–Kier alpha value is -1.88. The van der Waals surface area contributed by atoms with Crippen LogP contribution in [0.2, 0.25) is 0 Å². The first kappa shape index (κ1) is 11.6. The number of hydrogen-bond acceptors (Lipinski definition) is 3. The Bertz CT molecular complexity index is 549. The van der Waals surface area contributed by atoms with E-state index in [4.69, 9.17) is 5.11 Å². The molecule has 5 heteroatoms. The van der Waals surface area contributed by atoms with Crippen LogP contribution in [0.1, 0.15) is 18.0 Å². The predicted octanol–water partition coefficient (Wildman–Crippen LogP) is 2.16. The maximum absolute atomic E-state index is 10.8. The molecule has 1 aromatic heterocycles. The van der Waals surface area contributed by atoms with E-state index in [1.165, 1.54) is 0 Å². The summed E-state index contributed by atoms with van der Waals surface area (Å²) in [5.41, 5.74) is 0.861. The summed E-state index contributed by atoms with van der Waals surface area (Å²) >= 11 is 1.55. The van der Waals surface area contributed by atoms with Gasteiger partial charge in [0, 0.05) is 4.70 Å². The number of amides is 1. The standard InChI is InChI=1S/C12H11NO3S/c14-7-13-10(5-12(15)16)9-6-17-11-4-2-1-3-8(9)11/h1-4,6-7,10H,5H2,(H,13,14)(H,15,16)/t10-/m1/s1. The van der Waals surface area contributed by atoms with Crippen molar-refractivity contribution in [2.45, 2.75) is 12.5 Å². The molecule has 0 aliphatic carbocycles. The van der Waals surface area contributed by atoms with E-state index < -0.39 is 12.0 Å². The van der Waals surface area contributed by atoms with Gasteiger partial charge in [-0.15, -0.1) is 11.3 Å². The zero-order valence-electron chi connectivity index (χ0n) is 8.92. The fourth-order valence-corrected chi connectivity index (χ4v) is 2.80. The Morgan fingerprint density at radius 2 is 2.24 bits per heavy atom. The summed E-state index contributed by atoms with van der Waals surface area (Å²) in [6.07, 6.45) is 0.430. The van der Waals surface area contributed by atoms with Crippen molar-refractivity contribution in [3.05, 3.63) is 35.2 Å². The van der Waals surface area contributed by atoms with Gasteiger partial charge in [0.05, 0.1) is 12.5 Å². The second kappa shape index (κ2) is 4.97. The van der Waals surface area contributed by atoms with Crippen LogP contribution in [0, 0.1) is 0 Å². The van der Waals surface area contributed by atoms with E-state index in [1.807, 2.05) is 29.6 Å². The summed E-state index contributed by atoms with van der Waals surface area (Å²) in [5, 5.41) is 14.3. The van der Waals surface area contributed by atoms with E-state index in [2.05, 4.69) is 5.32 Å². The Morgan fingerprint density at radius 3 is 2.94 bits per heavy atom. The lowest BCUT2D eigenvalue weighted by Gasteiger charge is -2.12. The molecule has 17 heavy (non-hydrogen) atoms. The summed E-state index contributed by atoms with van der Waals surface area (Å²) in [7, 11) is 0. The first-order chi connectivity index (χ1) is 8.22. The molecule has 0 radical (unpaired) electrons. The largest absolute Gasteiger partial charge is 0.481 e. The van der Waals surface area contributed by atoms with E-state index in [-0.39, 0.29) is 6.42 Å². The highest BCUT2D eigenvalue weighted by molar-refractivity contribution is 7.17. The van der Waals surface area contributed by atoms with Crippen LogP contribution in [0.5, 0.6) is 0 Å². The maximum atomic E-state index is 10.8. The van der Waals surface area contributed by atoms with E-state index in [9.17, 15) is 9.59 Å². The monoisotopic (exact) mass is 249 g/mol. The number of carboxylic acids is 1. The molecule has 0 fully saturated rings. The number of aliphatic carboxylic acids is 1. The number of benzene rings is 1. The molecule has 0 saturated heterocycles. The highest BCUT2D eigenvalue weighted by Crippen LogP contribution is 2.31. The molecule has 88 valence electrons. The smallest absolute Gasteiger partial charge is 0.305 e. The third kappa shape index (κ3) is 2.45. The quantitative estimate of drug-likeness (QED) is 0.798. The van der Waals surface area contributed by atoms with E-state index in [0.717, 1.165) is 15.6 Å². The predicted molar refractivity (Wildman–Crippen MR) is 66.0 cm³/mol. The first-order valence-corrected chi connectivity index (χ1v) is 5.98. The van der Waals surface area contributed by atoms with E-state index >= 15 is 0 Å². The Balaban J connectivity index is 2.40. The van der Waals surface area contributed by atoms with Gasteiger partial charge in [-0.05, 0) is 22.4 Å². The molecule has 1 aromatic carbocycles. The summed E-state index contributed by atoms with van der Waals surface area (Å²) in [4.78, 5) is 21.3. The second-order valence-corrected chi connectivity index (χ2v) is 4.53. The molecular formula is C12H11NO3S. The normalized spacial score (nSPS) is 12.2. The topological polar surface area (TPSA) is 66.4 Å². The fraction of sp³-hybridized carbons (Fsp3) is 0.167. The number of fused-ring (bicyclic) bond motifs is 1. The molecule has 2 rings (SSSR count). The van der Waals surface area contributed by atoms with E-state index in [0.29, 0.717) is 6.41 Å². The maximum Gasteiger partial charge on any atom is 0.305 e. The van der Waals surface area contributed by atoms with Crippen molar-refractivity contribution >= 4 is 33.8 Å². The summed E-state index contributed by atoms with van der Waals surface area (Å²) < 4.78 is 1.09. The van der Waals surface area contributed by atoms with Crippen molar-refractivity contribution in [3.8, 4) is 0 Å². The van der Waals surface area contributed by atoms with Gasteiger partial charge in [0.15, 0.2) is 0 Å². The zero-order chi connectivity index (χ0) is 12.3. The zero-order valence-corrected chi connectivity index (χ0v) is 9.74. The SMILES string of the molecule is O=CN[C@H](CC(=O)O)c1csc2ccccc12. The van der Waals surface area contributed by atoms with Crippen LogP contribution in [-0.2, 0) is 9.59 Å². The van der Waals surface area contributed by atoms with Gasteiger partial charge in [0.2, 0.25) is 6.41 Å². The Kier molecular flexibility index (Phi) is 3.39. The highest BCUT2D eigenvalue weighted by atomic mass is 32.1. The molecular weight excluding hydrogens is 238 g/mol. The van der Waals surface area contributed by atoms with Crippen molar-refractivity contribution in [3.63, 3.8) is 0 Å². The molecule has 4 nitrogen and oxygen atoms in total. The molecule has 2 N–H and O–H groups in total. The number of hydrogen-bond donors (Lipinski definition) is 2. The lowest BCUT2D eigenvalue weighted by atomic mass is 10.0. The average Bonchev–Trinajstić information content (AvgIpc) is 2.71. The third-order valence-electron chi connectivity index (χ3n) is 2.53. The van der Waals surface area contributed by atoms with Crippen LogP contribution in [0.25, 0.3) is 10.1 Å². The van der Waals surface area contributed by atoms with Crippen molar-refractivity contribution in [2.75, 3.05) is 0 Å². The van der Waals surface area contributed by atoms with Crippen LogP contribution in [0.3, 0.4) is 0 Å².